The highest BCUT2D eigenvalue weighted by Crippen LogP contribution is 2.00. The number of piperidine rings is 1. The Morgan fingerprint density at radius 2 is 1.43 bits per heavy atom. The molecule has 0 aliphatic carbocycles. The van der Waals surface area contributed by atoms with Crippen LogP contribution >= 0.6 is 0 Å². The van der Waals surface area contributed by atoms with Gasteiger partial charge in [-0.05, 0) is 19.8 Å². The highest BCUT2D eigenvalue weighted by Gasteiger charge is 2.12. The van der Waals surface area contributed by atoms with Crippen molar-refractivity contribution in [3.05, 3.63) is 37.5 Å². The van der Waals surface area contributed by atoms with E-state index >= 15 is 0 Å². The van der Waals surface area contributed by atoms with Crippen molar-refractivity contribution in [1.29, 1.82) is 0 Å². The van der Waals surface area contributed by atoms with Gasteiger partial charge in [0.15, 0.2) is 0 Å². The van der Waals surface area contributed by atoms with Gasteiger partial charge in [0, 0.05) is 12.8 Å². The van der Waals surface area contributed by atoms with Crippen LogP contribution in [0.15, 0.2) is 37.5 Å². The summed E-state index contributed by atoms with van der Waals surface area (Å²) in [4.78, 5) is 20.7. The molecule has 0 saturated carbocycles. The van der Waals surface area contributed by atoms with Gasteiger partial charge in [0.05, 0.1) is 0 Å². The Morgan fingerprint density at radius 1 is 1.05 bits per heavy atom. The fourth-order valence-electron chi connectivity index (χ4n) is 0.922. The summed E-state index contributed by atoms with van der Waals surface area (Å²) in [6, 6.07) is 0. The fraction of sp³-hybridized carbons (Fsp3) is 0.556. The Bertz CT molecular complexity index is 254. The van der Waals surface area contributed by atoms with Gasteiger partial charge in [-0.25, -0.2) is 0 Å². The zero-order chi connectivity index (χ0) is 17.5. The summed E-state index contributed by atoms with van der Waals surface area (Å²) in [5.74, 6) is -0.275. The number of carbonyl (C=O) groups excluding carboxylic acids is 2. The molecule has 1 saturated heterocycles. The molecule has 1 aliphatic rings. The molecule has 0 atom stereocenters. The van der Waals surface area contributed by atoms with Crippen LogP contribution in [-0.4, -0.2) is 11.8 Å². The normalized spacial score (nSPS) is 11.7. The zero-order valence-electron chi connectivity index (χ0n) is 14.9. The first kappa shape index (κ1) is 27.7. The maximum atomic E-state index is 10.3. The lowest BCUT2D eigenvalue weighted by Crippen LogP contribution is -2.33. The van der Waals surface area contributed by atoms with Crippen molar-refractivity contribution in [2.75, 3.05) is 0 Å². The van der Waals surface area contributed by atoms with E-state index in [0.29, 0.717) is 19.3 Å². The Kier molecular flexibility index (Phi) is 40.8. The van der Waals surface area contributed by atoms with Crippen LogP contribution in [0.5, 0.6) is 0 Å². The molecule has 1 aliphatic heterocycles. The highest BCUT2D eigenvalue weighted by molar-refractivity contribution is 5.97. The van der Waals surface area contributed by atoms with E-state index in [1.54, 1.807) is 12.2 Å². The van der Waals surface area contributed by atoms with Crippen LogP contribution in [0, 0.1) is 0 Å². The molecule has 3 nitrogen and oxygen atoms in total. The van der Waals surface area contributed by atoms with Crippen molar-refractivity contribution < 1.29 is 9.59 Å². The third kappa shape index (κ3) is 38.1. The molecular formula is C18H35NO2. The van der Waals surface area contributed by atoms with Crippen LogP contribution in [0.1, 0.15) is 67.2 Å². The van der Waals surface area contributed by atoms with Crippen LogP contribution in [0.25, 0.3) is 0 Å². The summed E-state index contributed by atoms with van der Waals surface area (Å²) in [5, 5.41) is 2.20. The van der Waals surface area contributed by atoms with Gasteiger partial charge in [0.1, 0.15) is 0 Å². The third-order valence-corrected chi connectivity index (χ3v) is 1.59. The molecule has 21 heavy (non-hydrogen) atoms. The Balaban J connectivity index is -0.0000000990. The topological polar surface area (TPSA) is 46.2 Å². The van der Waals surface area contributed by atoms with Gasteiger partial charge in [-0.15, -0.1) is 6.58 Å². The lowest BCUT2D eigenvalue weighted by atomic mass is 10.1. The van der Waals surface area contributed by atoms with E-state index in [4.69, 9.17) is 0 Å². The largest absolute Gasteiger partial charge is 0.296 e. The second-order valence-corrected chi connectivity index (χ2v) is 3.31. The molecule has 0 aromatic carbocycles. The molecule has 124 valence electrons. The molecule has 0 spiro atoms. The van der Waals surface area contributed by atoms with Gasteiger partial charge in [-0.1, -0.05) is 65.5 Å². The molecule has 1 fully saturated rings. The molecule has 3 heteroatoms. The highest BCUT2D eigenvalue weighted by atomic mass is 16.2. The van der Waals surface area contributed by atoms with Crippen molar-refractivity contribution >= 4 is 11.8 Å². The summed E-state index contributed by atoms with van der Waals surface area (Å²) in [7, 11) is 0. The summed E-state index contributed by atoms with van der Waals surface area (Å²) in [6.45, 7) is 18.9. The van der Waals surface area contributed by atoms with Crippen LogP contribution in [0.2, 0.25) is 0 Å². The SMILES string of the molecule is C=C/C=C\CC.C=CC.CC.CC.O=C1CCCC(=O)N1. The summed E-state index contributed by atoms with van der Waals surface area (Å²) >= 11 is 0. The number of nitrogens with one attached hydrogen (secondary N) is 1. The first-order valence-corrected chi connectivity index (χ1v) is 7.79. The number of carbonyl (C=O) groups is 2. The Morgan fingerprint density at radius 3 is 1.57 bits per heavy atom. The number of hydrogen-bond acceptors (Lipinski definition) is 2. The predicted molar refractivity (Wildman–Crippen MR) is 95.2 cm³/mol. The molecule has 0 bridgehead atoms. The van der Waals surface area contributed by atoms with Gasteiger partial charge in [0.2, 0.25) is 11.8 Å². The summed E-state index contributed by atoms with van der Waals surface area (Å²) in [6.07, 6.45) is 10.4. The van der Waals surface area contributed by atoms with Crippen molar-refractivity contribution in [1.82, 2.24) is 5.32 Å². The van der Waals surface area contributed by atoms with Crippen LogP contribution in [0.4, 0.5) is 0 Å². The number of amides is 2. The van der Waals surface area contributed by atoms with Crippen molar-refractivity contribution in [2.45, 2.75) is 67.2 Å². The average molecular weight is 297 g/mol. The fourth-order valence-corrected chi connectivity index (χ4v) is 0.922. The van der Waals surface area contributed by atoms with E-state index < -0.39 is 0 Å². The summed E-state index contributed by atoms with van der Waals surface area (Å²) in [5.41, 5.74) is 0. The number of rotatable bonds is 2. The molecule has 0 unspecified atom stereocenters. The molecule has 0 aromatic rings. The van der Waals surface area contributed by atoms with E-state index in [1.807, 2.05) is 40.7 Å². The van der Waals surface area contributed by atoms with Crippen molar-refractivity contribution in [3.63, 3.8) is 0 Å². The van der Waals surface area contributed by atoms with Crippen molar-refractivity contribution in [3.8, 4) is 0 Å². The van der Waals surface area contributed by atoms with E-state index in [1.165, 1.54) is 0 Å². The van der Waals surface area contributed by atoms with E-state index in [2.05, 4.69) is 31.5 Å². The minimum absolute atomic E-state index is 0.138. The second-order valence-electron chi connectivity index (χ2n) is 3.31. The lowest BCUT2D eigenvalue weighted by molar-refractivity contribution is -0.132. The lowest BCUT2D eigenvalue weighted by Gasteiger charge is -2.07. The third-order valence-electron chi connectivity index (χ3n) is 1.59. The van der Waals surface area contributed by atoms with Gasteiger partial charge in [0.25, 0.3) is 0 Å². The standard InChI is InChI=1S/C6H10.C5H7NO2.C3H6.2C2H6/c1-3-5-6-4-2;7-4-2-1-3-5(8)6-4;1-3-2;2*1-2/h3,5-6H,1,4H2,2H3;1-3H2,(H,6,7,8);3H,1H2,2H3;2*1-2H3/b6-5-;;;;. The first-order valence-electron chi connectivity index (χ1n) is 7.79. The van der Waals surface area contributed by atoms with Gasteiger partial charge in [-0.3, -0.25) is 14.9 Å². The quantitative estimate of drug-likeness (QED) is 0.433. The molecule has 1 heterocycles. The van der Waals surface area contributed by atoms with E-state index in [-0.39, 0.29) is 11.8 Å². The van der Waals surface area contributed by atoms with Gasteiger partial charge < -0.3 is 0 Å². The van der Waals surface area contributed by atoms with Crippen molar-refractivity contribution in [2.24, 2.45) is 0 Å². The van der Waals surface area contributed by atoms with Crippen LogP contribution < -0.4 is 5.32 Å². The molecule has 0 aromatic heterocycles. The monoisotopic (exact) mass is 297 g/mol. The minimum Gasteiger partial charge on any atom is -0.296 e. The van der Waals surface area contributed by atoms with Gasteiger partial charge >= 0.3 is 0 Å². The number of imide groups is 1. The molecular weight excluding hydrogens is 262 g/mol. The molecule has 0 radical (unpaired) electrons. The predicted octanol–water partition coefficient (Wildman–Crippen LogP) is 5.20. The Hall–Kier alpha value is -1.64. The van der Waals surface area contributed by atoms with E-state index in [0.717, 1.165) is 6.42 Å². The molecule has 1 N–H and O–H groups in total. The van der Waals surface area contributed by atoms with Crippen LogP contribution in [-0.2, 0) is 9.59 Å². The summed E-state index contributed by atoms with van der Waals surface area (Å²) < 4.78 is 0. The maximum Gasteiger partial charge on any atom is 0.226 e. The second kappa shape index (κ2) is 31.0. The number of hydrogen-bond donors (Lipinski definition) is 1. The zero-order valence-corrected chi connectivity index (χ0v) is 14.9. The number of allylic oxidation sites excluding steroid dienone is 4. The maximum absolute atomic E-state index is 10.3. The average Bonchev–Trinajstić information content (AvgIpc) is 2.50. The Labute approximate surface area is 132 Å². The minimum atomic E-state index is -0.138. The first-order chi connectivity index (χ1) is 10.1. The smallest absolute Gasteiger partial charge is 0.226 e. The molecule has 2 amide bonds. The van der Waals surface area contributed by atoms with E-state index in [9.17, 15) is 9.59 Å². The van der Waals surface area contributed by atoms with Crippen LogP contribution in [0.3, 0.4) is 0 Å². The van der Waals surface area contributed by atoms with Gasteiger partial charge in [-0.2, -0.15) is 0 Å². The molecule has 1 rings (SSSR count).